The monoisotopic (exact) mass is 531 g/mol. The zero-order valence-corrected chi connectivity index (χ0v) is 24.1. The Kier molecular flexibility index (Phi) is 14.8. The highest BCUT2D eigenvalue weighted by Gasteiger charge is 2.15. The third kappa shape index (κ3) is 9.53. The van der Waals surface area contributed by atoms with Crippen LogP contribution in [-0.2, 0) is 0 Å². The molecule has 0 aliphatic rings. The third-order valence-corrected chi connectivity index (χ3v) is 7.62. The number of fused-ring (bicyclic) bond motifs is 3. The minimum Gasteiger partial charge on any atom is -0.387 e. The molecule has 0 aliphatic heterocycles. The number of unbranched alkanes of at least 4 members (excludes halogenated alkanes) is 10. The van der Waals surface area contributed by atoms with Crippen LogP contribution in [0.4, 0.5) is 0 Å². The van der Waals surface area contributed by atoms with Gasteiger partial charge >= 0.3 is 0 Å². The standard InChI is InChI=1S/C32H46ClNO.ClH/c1-3-5-7-9-11-15-21-34(22-16-12-10-8-6-4-2)25-32(35)27-20-19-26-24-31(33)29-18-14-13-17-28(29)30(26)23-27;/h13-14,17-20,23-24,32,35H,3-12,15-16,21-22,25H2,1-2H3;1H. The van der Waals surface area contributed by atoms with Gasteiger partial charge in [0.05, 0.1) is 6.10 Å². The molecule has 0 aliphatic carbocycles. The maximum absolute atomic E-state index is 11.3. The molecule has 3 rings (SSSR count). The summed E-state index contributed by atoms with van der Waals surface area (Å²) in [6.07, 6.45) is 15.2. The molecule has 36 heavy (non-hydrogen) atoms. The number of aliphatic hydroxyl groups excluding tert-OH is 1. The van der Waals surface area contributed by atoms with E-state index in [1.54, 1.807) is 0 Å². The molecule has 0 saturated carbocycles. The van der Waals surface area contributed by atoms with Crippen LogP contribution in [0.2, 0.25) is 5.02 Å². The Labute approximate surface area is 230 Å². The maximum Gasteiger partial charge on any atom is 0.0917 e. The number of aliphatic hydroxyl groups is 1. The number of benzene rings is 3. The Hall–Kier alpha value is -1.32. The summed E-state index contributed by atoms with van der Waals surface area (Å²) in [5.41, 5.74) is 1.00. The first-order valence-electron chi connectivity index (χ1n) is 14.1. The molecule has 3 aromatic rings. The smallest absolute Gasteiger partial charge is 0.0917 e. The van der Waals surface area contributed by atoms with Crippen molar-refractivity contribution in [1.29, 1.82) is 0 Å². The molecular formula is C32H47Cl2NO. The summed E-state index contributed by atoms with van der Waals surface area (Å²) in [6.45, 7) is 7.43. The topological polar surface area (TPSA) is 23.5 Å². The van der Waals surface area contributed by atoms with Crippen molar-refractivity contribution in [2.45, 2.75) is 97.0 Å². The second-order valence-corrected chi connectivity index (χ2v) is 10.6. The van der Waals surface area contributed by atoms with Gasteiger partial charge in [-0.1, -0.05) is 126 Å². The van der Waals surface area contributed by atoms with Gasteiger partial charge in [0.25, 0.3) is 0 Å². The number of hydrogen-bond donors (Lipinski definition) is 1. The molecule has 3 aromatic carbocycles. The third-order valence-electron chi connectivity index (χ3n) is 7.31. The predicted octanol–water partition coefficient (Wildman–Crippen LogP) is 10.1. The van der Waals surface area contributed by atoms with Gasteiger partial charge in [-0.05, 0) is 59.8 Å². The Morgan fingerprint density at radius 3 is 1.86 bits per heavy atom. The van der Waals surface area contributed by atoms with Crippen molar-refractivity contribution in [2.75, 3.05) is 19.6 Å². The fourth-order valence-corrected chi connectivity index (χ4v) is 5.44. The molecule has 0 saturated heterocycles. The minimum absolute atomic E-state index is 0. The van der Waals surface area contributed by atoms with Gasteiger partial charge in [-0.25, -0.2) is 0 Å². The summed E-state index contributed by atoms with van der Waals surface area (Å²) in [6, 6.07) is 16.7. The van der Waals surface area contributed by atoms with Crippen molar-refractivity contribution in [3.63, 3.8) is 0 Å². The molecule has 0 spiro atoms. The number of rotatable bonds is 17. The SMILES string of the molecule is CCCCCCCCN(CCCCCCCC)CC(O)c1ccc2cc(Cl)c3ccccc3c2c1.Cl. The fraction of sp³-hybridized carbons (Fsp3) is 0.562. The molecule has 0 fully saturated rings. The molecule has 200 valence electrons. The molecule has 0 radical (unpaired) electrons. The Bertz CT molecular complexity index is 1010. The molecule has 1 unspecified atom stereocenters. The van der Waals surface area contributed by atoms with E-state index in [-0.39, 0.29) is 12.4 Å². The largest absolute Gasteiger partial charge is 0.387 e. The van der Waals surface area contributed by atoms with Gasteiger partial charge in [0.2, 0.25) is 0 Å². The average molecular weight is 533 g/mol. The fourth-order valence-electron chi connectivity index (χ4n) is 5.16. The lowest BCUT2D eigenvalue weighted by molar-refractivity contribution is 0.110. The number of hydrogen-bond acceptors (Lipinski definition) is 2. The highest BCUT2D eigenvalue weighted by atomic mass is 35.5. The van der Waals surface area contributed by atoms with Crippen LogP contribution in [0.5, 0.6) is 0 Å². The molecule has 1 N–H and O–H groups in total. The van der Waals surface area contributed by atoms with E-state index in [4.69, 9.17) is 11.6 Å². The number of halogens is 2. The van der Waals surface area contributed by atoms with E-state index < -0.39 is 6.10 Å². The quantitative estimate of drug-likeness (QED) is 0.138. The van der Waals surface area contributed by atoms with Crippen LogP contribution >= 0.6 is 24.0 Å². The van der Waals surface area contributed by atoms with Gasteiger partial charge in [0.15, 0.2) is 0 Å². The van der Waals surface area contributed by atoms with Crippen molar-refractivity contribution in [3.05, 3.63) is 59.1 Å². The maximum atomic E-state index is 11.3. The normalized spacial score (nSPS) is 12.4. The molecule has 0 heterocycles. The molecule has 0 aromatic heterocycles. The lowest BCUT2D eigenvalue weighted by Gasteiger charge is -2.25. The lowest BCUT2D eigenvalue weighted by atomic mass is 9.98. The van der Waals surface area contributed by atoms with E-state index in [1.807, 2.05) is 12.1 Å². The van der Waals surface area contributed by atoms with E-state index in [0.29, 0.717) is 6.54 Å². The van der Waals surface area contributed by atoms with Gasteiger partial charge in [0, 0.05) is 17.0 Å². The zero-order valence-electron chi connectivity index (χ0n) is 22.5. The molecule has 0 amide bonds. The highest BCUT2D eigenvalue weighted by Crippen LogP contribution is 2.33. The minimum atomic E-state index is -0.478. The van der Waals surface area contributed by atoms with Crippen LogP contribution in [0.15, 0.2) is 48.5 Å². The summed E-state index contributed by atoms with van der Waals surface area (Å²) in [5, 5.41) is 16.6. The van der Waals surface area contributed by atoms with E-state index in [1.165, 1.54) is 82.4 Å². The van der Waals surface area contributed by atoms with E-state index in [2.05, 4.69) is 55.1 Å². The van der Waals surface area contributed by atoms with Crippen LogP contribution in [-0.4, -0.2) is 29.6 Å². The Morgan fingerprint density at radius 2 is 1.25 bits per heavy atom. The van der Waals surface area contributed by atoms with Crippen LogP contribution in [0, 0.1) is 0 Å². The lowest BCUT2D eigenvalue weighted by Crippen LogP contribution is -2.31. The van der Waals surface area contributed by atoms with Crippen LogP contribution in [0.25, 0.3) is 21.5 Å². The van der Waals surface area contributed by atoms with E-state index >= 15 is 0 Å². The van der Waals surface area contributed by atoms with E-state index in [0.717, 1.165) is 39.8 Å². The van der Waals surface area contributed by atoms with Crippen molar-refractivity contribution in [3.8, 4) is 0 Å². The van der Waals surface area contributed by atoms with Gasteiger partial charge < -0.3 is 10.0 Å². The summed E-state index contributed by atoms with van der Waals surface area (Å²) in [5.74, 6) is 0. The predicted molar refractivity (Wildman–Crippen MR) is 162 cm³/mol. The summed E-state index contributed by atoms with van der Waals surface area (Å²) < 4.78 is 0. The van der Waals surface area contributed by atoms with Crippen molar-refractivity contribution >= 4 is 45.6 Å². The first kappa shape index (κ1) is 30.9. The first-order valence-corrected chi connectivity index (χ1v) is 14.5. The molecule has 2 nitrogen and oxygen atoms in total. The highest BCUT2D eigenvalue weighted by molar-refractivity contribution is 6.37. The van der Waals surface area contributed by atoms with Crippen LogP contribution < -0.4 is 0 Å². The molecule has 0 bridgehead atoms. The summed E-state index contributed by atoms with van der Waals surface area (Å²) in [7, 11) is 0. The average Bonchev–Trinajstić information content (AvgIpc) is 2.88. The zero-order chi connectivity index (χ0) is 24.9. The first-order chi connectivity index (χ1) is 17.1. The molecule has 1 atom stereocenters. The second-order valence-electron chi connectivity index (χ2n) is 10.2. The van der Waals surface area contributed by atoms with Crippen LogP contribution in [0.3, 0.4) is 0 Å². The van der Waals surface area contributed by atoms with Crippen molar-refractivity contribution in [1.82, 2.24) is 4.90 Å². The Morgan fingerprint density at radius 1 is 0.694 bits per heavy atom. The molecule has 4 heteroatoms. The second kappa shape index (κ2) is 17.2. The van der Waals surface area contributed by atoms with Gasteiger partial charge in [-0.2, -0.15) is 0 Å². The van der Waals surface area contributed by atoms with Crippen molar-refractivity contribution < 1.29 is 5.11 Å². The van der Waals surface area contributed by atoms with Crippen molar-refractivity contribution in [2.24, 2.45) is 0 Å². The van der Waals surface area contributed by atoms with E-state index in [9.17, 15) is 5.11 Å². The number of nitrogens with zero attached hydrogens (tertiary/aromatic N) is 1. The van der Waals surface area contributed by atoms with Gasteiger partial charge in [0.1, 0.15) is 0 Å². The summed E-state index contributed by atoms with van der Waals surface area (Å²) >= 11 is 6.53. The van der Waals surface area contributed by atoms with Gasteiger partial charge in [-0.3, -0.25) is 0 Å². The molecular weight excluding hydrogens is 485 g/mol. The van der Waals surface area contributed by atoms with Gasteiger partial charge in [-0.15, -0.1) is 12.4 Å². The summed E-state index contributed by atoms with van der Waals surface area (Å²) in [4.78, 5) is 2.51. The van der Waals surface area contributed by atoms with Crippen LogP contribution in [0.1, 0.15) is 103 Å². The Balaban J connectivity index is 0.00000456.